The predicted octanol–water partition coefficient (Wildman–Crippen LogP) is 3.86. The molecule has 0 aromatic heterocycles. The lowest BCUT2D eigenvalue weighted by Crippen LogP contribution is -2.21. The topological polar surface area (TPSA) is 20.2 Å². The first kappa shape index (κ1) is 12.2. The van der Waals surface area contributed by atoms with Crippen molar-refractivity contribution in [2.75, 3.05) is 5.75 Å². The maximum atomic E-state index is 9.54. The fraction of sp³-hybridized carbons (Fsp3) is 0.400. The second-order valence-corrected chi connectivity index (χ2v) is 5.54. The van der Waals surface area contributed by atoms with Crippen LogP contribution < -0.4 is 0 Å². The summed E-state index contributed by atoms with van der Waals surface area (Å²) in [5.74, 6) is 0.590. The standard InChI is InChI=1S/C10H12Cl2OS/c1-10(2,13)6-14-9-5-7(11)3-4-8(9)12/h3-5,13H,6H2,1-2H3. The van der Waals surface area contributed by atoms with Crippen LogP contribution in [0.5, 0.6) is 0 Å². The summed E-state index contributed by atoms with van der Waals surface area (Å²) in [6.07, 6.45) is 0. The second kappa shape index (κ2) is 4.75. The van der Waals surface area contributed by atoms with Gasteiger partial charge in [0.25, 0.3) is 0 Å². The first-order valence-corrected chi connectivity index (χ1v) is 5.93. The molecule has 0 radical (unpaired) electrons. The molecule has 4 heteroatoms. The summed E-state index contributed by atoms with van der Waals surface area (Å²) in [5, 5.41) is 10.9. The van der Waals surface area contributed by atoms with E-state index in [9.17, 15) is 5.11 Å². The third kappa shape index (κ3) is 4.09. The van der Waals surface area contributed by atoms with Gasteiger partial charge in [0.1, 0.15) is 0 Å². The smallest absolute Gasteiger partial charge is 0.0685 e. The van der Waals surface area contributed by atoms with Gasteiger partial charge in [-0.2, -0.15) is 0 Å². The molecule has 0 saturated carbocycles. The molecule has 0 spiro atoms. The number of thioether (sulfide) groups is 1. The third-order valence-corrected chi connectivity index (χ3v) is 3.65. The van der Waals surface area contributed by atoms with Crippen molar-refractivity contribution < 1.29 is 5.11 Å². The molecule has 0 amide bonds. The first-order valence-electron chi connectivity index (χ1n) is 4.19. The van der Waals surface area contributed by atoms with E-state index in [-0.39, 0.29) is 0 Å². The summed E-state index contributed by atoms with van der Waals surface area (Å²) < 4.78 is 0. The van der Waals surface area contributed by atoms with Crippen LogP contribution in [0.25, 0.3) is 0 Å². The maximum absolute atomic E-state index is 9.54. The molecule has 0 saturated heterocycles. The van der Waals surface area contributed by atoms with Gasteiger partial charge in [-0.05, 0) is 32.0 Å². The Hall–Kier alpha value is 0.110. The third-order valence-electron chi connectivity index (χ3n) is 1.47. The van der Waals surface area contributed by atoms with Gasteiger partial charge in [0.05, 0.1) is 10.6 Å². The van der Waals surface area contributed by atoms with Gasteiger partial charge in [0.2, 0.25) is 0 Å². The van der Waals surface area contributed by atoms with Gasteiger partial charge >= 0.3 is 0 Å². The quantitative estimate of drug-likeness (QED) is 0.823. The summed E-state index contributed by atoms with van der Waals surface area (Å²) in [6.45, 7) is 3.52. The molecule has 0 unspecified atom stereocenters. The van der Waals surface area contributed by atoms with Gasteiger partial charge in [-0.25, -0.2) is 0 Å². The SMILES string of the molecule is CC(C)(O)CSc1cc(Cl)ccc1Cl. The molecule has 0 bridgehead atoms. The zero-order chi connectivity index (χ0) is 10.8. The molecule has 0 aliphatic carbocycles. The van der Waals surface area contributed by atoms with Gasteiger partial charge in [-0.1, -0.05) is 23.2 Å². The van der Waals surface area contributed by atoms with E-state index in [1.54, 1.807) is 32.0 Å². The highest BCUT2D eigenvalue weighted by Crippen LogP contribution is 2.31. The number of hydrogen-bond acceptors (Lipinski definition) is 2. The van der Waals surface area contributed by atoms with Gasteiger partial charge < -0.3 is 5.11 Å². The van der Waals surface area contributed by atoms with E-state index in [0.717, 1.165) is 4.90 Å². The average Bonchev–Trinajstić information content (AvgIpc) is 2.05. The second-order valence-electron chi connectivity index (χ2n) is 3.68. The Morgan fingerprint density at radius 1 is 1.36 bits per heavy atom. The van der Waals surface area contributed by atoms with E-state index in [1.165, 1.54) is 11.8 Å². The van der Waals surface area contributed by atoms with Gasteiger partial charge in [0, 0.05) is 15.7 Å². The minimum Gasteiger partial charge on any atom is -0.390 e. The summed E-state index contributed by atoms with van der Waals surface area (Å²) in [5.41, 5.74) is -0.698. The van der Waals surface area contributed by atoms with Crippen molar-refractivity contribution in [2.45, 2.75) is 24.3 Å². The molecule has 78 valence electrons. The number of aliphatic hydroxyl groups is 1. The molecule has 0 fully saturated rings. The van der Waals surface area contributed by atoms with Crippen molar-refractivity contribution in [2.24, 2.45) is 0 Å². The molecule has 0 atom stereocenters. The number of hydrogen-bond donors (Lipinski definition) is 1. The molecule has 1 aromatic rings. The average molecular weight is 251 g/mol. The Morgan fingerprint density at radius 2 is 2.00 bits per heavy atom. The van der Waals surface area contributed by atoms with Crippen molar-refractivity contribution in [1.29, 1.82) is 0 Å². The summed E-state index contributed by atoms with van der Waals surface area (Å²) in [4.78, 5) is 0.904. The zero-order valence-electron chi connectivity index (χ0n) is 8.05. The molecule has 0 aliphatic rings. The van der Waals surface area contributed by atoms with E-state index < -0.39 is 5.60 Å². The Kier molecular flexibility index (Phi) is 4.14. The van der Waals surface area contributed by atoms with Crippen LogP contribution in [-0.2, 0) is 0 Å². The van der Waals surface area contributed by atoms with E-state index in [1.807, 2.05) is 0 Å². The van der Waals surface area contributed by atoms with Gasteiger partial charge in [0.15, 0.2) is 0 Å². The van der Waals surface area contributed by atoms with E-state index in [4.69, 9.17) is 23.2 Å². The normalized spacial score (nSPS) is 11.8. The fourth-order valence-corrected chi connectivity index (χ4v) is 2.29. The Bertz CT molecular complexity index is 320. The number of benzene rings is 1. The molecular weight excluding hydrogens is 239 g/mol. The van der Waals surface area contributed by atoms with Crippen molar-refractivity contribution in [1.82, 2.24) is 0 Å². The Balaban J connectivity index is 2.72. The zero-order valence-corrected chi connectivity index (χ0v) is 10.4. The molecule has 1 rings (SSSR count). The molecule has 1 N–H and O–H groups in total. The Labute approximate surface area is 98.4 Å². The highest BCUT2D eigenvalue weighted by atomic mass is 35.5. The fourth-order valence-electron chi connectivity index (χ4n) is 0.842. The first-order chi connectivity index (χ1) is 6.38. The minimum atomic E-state index is -0.698. The van der Waals surface area contributed by atoms with Crippen LogP contribution in [0.3, 0.4) is 0 Å². The number of rotatable bonds is 3. The lowest BCUT2D eigenvalue weighted by atomic mass is 10.2. The lowest BCUT2D eigenvalue weighted by Gasteiger charge is -2.16. The molecule has 1 aromatic carbocycles. The highest BCUT2D eigenvalue weighted by Gasteiger charge is 2.14. The Morgan fingerprint density at radius 3 is 2.57 bits per heavy atom. The monoisotopic (exact) mass is 250 g/mol. The van der Waals surface area contributed by atoms with Crippen molar-refractivity contribution in [3.05, 3.63) is 28.2 Å². The number of halogens is 2. The van der Waals surface area contributed by atoms with Crippen LogP contribution in [0.4, 0.5) is 0 Å². The summed E-state index contributed by atoms with van der Waals surface area (Å²) in [6, 6.07) is 5.31. The predicted molar refractivity (Wildman–Crippen MR) is 63.5 cm³/mol. The van der Waals surface area contributed by atoms with Crippen LogP contribution in [0.2, 0.25) is 10.0 Å². The summed E-state index contributed by atoms with van der Waals surface area (Å²) in [7, 11) is 0. The van der Waals surface area contributed by atoms with Crippen molar-refractivity contribution >= 4 is 35.0 Å². The maximum Gasteiger partial charge on any atom is 0.0685 e. The molecular formula is C10H12Cl2OS. The van der Waals surface area contributed by atoms with Gasteiger partial charge in [-0.15, -0.1) is 11.8 Å². The van der Waals surface area contributed by atoms with Gasteiger partial charge in [-0.3, -0.25) is 0 Å². The van der Waals surface area contributed by atoms with E-state index in [0.29, 0.717) is 15.8 Å². The summed E-state index contributed by atoms with van der Waals surface area (Å²) >= 11 is 13.3. The lowest BCUT2D eigenvalue weighted by molar-refractivity contribution is 0.107. The van der Waals surface area contributed by atoms with Crippen LogP contribution >= 0.6 is 35.0 Å². The largest absolute Gasteiger partial charge is 0.390 e. The van der Waals surface area contributed by atoms with Crippen LogP contribution in [0.1, 0.15) is 13.8 Å². The molecule has 0 heterocycles. The van der Waals surface area contributed by atoms with Crippen molar-refractivity contribution in [3.63, 3.8) is 0 Å². The van der Waals surface area contributed by atoms with Crippen LogP contribution in [0, 0.1) is 0 Å². The van der Waals surface area contributed by atoms with E-state index >= 15 is 0 Å². The molecule has 0 aliphatic heterocycles. The van der Waals surface area contributed by atoms with E-state index in [2.05, 4.69) is 0 Å². The van der Waals surface area contributed by atoms with Crippen LogP contribution in [0.15, 0.2) is 23.1 Å². The molecule has 1 nitrogen and oxygen atoms in total. The van der Waals surface area contributed by atoms with Crippen LogP contribution in [-0.4, -0.2) is 16.5 Å². The van der Waals surface area contributed by atoms with Crippen molar-refractivity contribution in [3.8, 4) is 0 Å². The highest BCUT2D eigenvalue weighted by molar-refractivity contribution is 7.99. The molecule has 14 heavy (non-hydrogen) atoms. The minimum absolute atomic E-state index is 0.590.